The van der Waals surface area contributed by atoms with Gasteiger partial charge in [0.2, 0.25) is 0 Å². The molecule has 0 aliphatic carbocycles. The summed E-state index contributed by atoms with van der Waals surface area (Å²) in [5.41, 5.74) is 6.87. The zero-order valence-electron chi connectivity index (χ0n) is 10.7. The van der Waals surface area contributed by atoms with Gasteiger partial charge >= 0.3 is 0 Å². The fourth-order valence-electron chi connectivity index (χ4n) is 2.36. The van der Waals surface area contributed by atoms with Crippen LogP contribution in [0, 0.1) is 5.82 Å². The van der Waals surface area contributed by atoms with Crippen molar-refractivity contribution in [1.29, 1.82) is 0 Å². The minimum Gasteiger partial charge on any atom is -0.494 e. The van der Waals surface area contributed by atoms with Gasteiger partial charge in [0.25, 0.3) is 0 Å². The molecular formula is C14H20FNOS. The Morgan fingerprint density at radius 2 is 2.33 bits per heavy atom. The topological polar surface area (TPSA) is 35.2 Å². The molecule has 18 heavy (non-hydrogen) atoms. The Balaban J connectivity index is 2.04. The molecule has 1 saturated heterocycles. The van der Waals surface area contributed by atoms with Crippen LogP contribution in [-0.4, -0.2) is 24.2 Å². The van der Waals surface area contributed by atoms with Crippen molar-refractivity contribution in [3.8, 4) is 5.75 Å². The number of hydrogen-bond donors (Lipinski definition) is 1. The zero-order valence-corrected chi connectivity index (χ0v) is 11.5. The summed E-state index contributed by atoms with van der Waals surface area (Å²) < 4.78 is 19.0. The molecule has 100 valence electrons. The van der Waals surface area contributed by atoms with E-state index in [-0.39, 0.29) is 11.9 Å². The van der Waals surface area contributed by atoms with Crippen LogP contribution in [0.1, 0.15) is 24.8 Å². The predicted octanol–water partition coefficient (Wildman–Crippen LogP) is 2.99. The normalized spacial score (nSPS) is 21.6. The lowest BCUT2D eigenvalue weighted by atomic mass is 10.00. The van der Waals surface area contributed by atoms with Gasteiger partial charge in [-0.3, -0.25) is 0 Å². The van der Waals surface area contributed by atoms with Gasteiger partial charge in [-0.1, -0.05) is 18.6 Å². The molecule has 0 bridgehead atoms. The minimum absolute atomic E-state index is 0.0249. The molecule has 2 rings (SSSR count). The average Bonchev–Trinajstić information content (AvgIpc) is 2.42. The molecule has 1 aromatic rings. The van der Waals surface area contributed by atoms with Crippen molar-refractivity contribution in [1.82, 2.24) is 0 Å². The van der Waals surface area contributed by atoms with Crippen LogP contribution < -0.4 is 10.5 Å². The predicted molar refractivity (Wildman–Crippen MR) is 74.7 cm³/mol. The molecule has 0 amide bonds. The molecule has 1 aliphatic rings. The van der Waals surface area contributed by atoms with E-state index < -0.39 is 0 Å². The van der Waals surface area contributed by atoms with Crippen LogP contribution in [0.3, 0.4) is 0 Å². The Labute approximate surface area is 112 Å². The number of benzene rings is 1. The maximum absolute atomic E-state index is 14.0. The molecule has 1 fully saturated rings. The summed E-state index contributed by atoms with van der Waals surface area (Å²) in [5, 5.41) is 0.462. The van der Waals surface area contributed by atoms with Crippen molar-refractivity contribution in [2.24, 2.45) is 5.73 Å². The Hall–Kier alpha value is -0.740. The number of halogens is 1. The summed E-state index contributed by atoms with van der Waals surface area (Å²) in [5.74, 6) is 1.21. The number of thioether (sulfide) groups is 1. The van der Waals surface area contributed by atoms with Gasteiger partial charge in [0.1, 0.15) is 0 Å². The quantitative estimate of drug-likeness (QED) is 0.912. The van der Waals surface area contributed by atoms with Gasteiger partial charge in [-0.2, -0.15) is 11.8 Å². The van der Waals surface area contributed by atoms with Crippen molar-refractivity contribution >= 4 is 11.8 Å². The summed E-state index contributed by atoms with van der Waals surface area (Å²) in [4.78, 5) is 0. The van der Waals surface area contributed by atoms with E-state index in [1.54, 1.807) is 12.1 Å². The van der Waals surface area contributed by atoms with Crippen molar-refractivity contribution in [2.75, 3.05) is 12.9 Å². The molecule has 0 saturated carbocycles. The van der Waals surface area contributed by atoms with Crippen LogP contribution in [0.15, 0.2) is 18.2 Å². The van der Waals surface area contributed by atoms with Gasteiger partial charge in [-0.25, -0.2) is 4.39 Å². The SMILES string of the molecule is COc1cccc(CC(N)C2CCCCS2)c1F. The van der Waals surface area contributed by atoms with Crippen LogP contribution in [0.25, 0.3) is 0 Å². The summed E-state index contributed by atoms with van der Waals surface area (Å²) >= 11 is 1.93. The van der Waals surface area contributed by atoms with E-state index in [2.05, 4.69) is 0 Å². The third-order valence-corrected chi connectivity index (χ3v) is 4.95. The first kappa shape index (κ1) is 13.7. The van der Waals surface area contributed by atoms with Gasteiger partial charge in [0.15, 0.2) is 11.6 Å². The van der Waals surface area contributed by atoms with Gasteiger partial charge in [0.05, 0.1) is 7.11 Å². The summed E-state index contributed by atoms with van der Waals surface area (Å²) in [6.45, 7) is 0. The molecular weight excluding hydrogens is 249 g/mol. The smallest absolute Gasteiger partial charge is 0.168 e. The molecule has 1 aromatic carbocycles. The van der Waals surface area contributed by atoms with Crippen LogP contribution in [0.5, 0.6) is 5.75 Å². The van der Waals surface area contributed by atoms with Crippen molar-refractivity contribution in [2.45, 2.75) is 37.0 Å². The number of rotatable bonds is 4. The summed E-state index contributed by atoms with van der Waals surface area (Å²) in [7, 11) is 1.49. The highest BCUT2D eigenvalue weighted by molar-refractivity contribution is 8.00. The van der Waals surface area contributed by atoms with Gasteiger partial charge < -0.3 is 10.5 Å². The first-order valence-electron chi connectivity index (χ1n) is 6.41. The standard InChI is InChI=1S/C14H20FNOS/c1-17-12-6-4-5-10(14(12)15)9-11(16)13-7-2-3-8-18-13/h4-6,11,13H,2-3,7-9,16H2,1H3. The number of hydrogen-bond acceptors (Lipinski definition) is 3. The lowest BCUT2D eigenvalue weighted by molar-refractivity contribution is 0.383. The number of ether oxygens (including phenoxy) is 1. The molecule has 2 N–H and O–H groups in total. The first-order chi connectivity index (χ1) is 8.72. The molecule has 4 heteroatoms. The minimum atomic E-state index is -0.267. The fraction of sp³-hybridized carbons (Fsp3) is 0.571. The molecule has 2 nitrogen and oxygen atoms in total. The molecule has 2 atom stereocenters. The average molecular weight is 269 g/mol. The highest BCUT2D eigenvalue weighted by Gasteiger charge is 2.22. The lowest BCUT2D eigenvalue weighted by Crippen LogP contribution is -2.36. The molecule has 0 radical (unpaired) electrons. The maximum Gasteiger partial charge on any atom is 0.168 e. The number of nitrogens with two attached hydrogens (primary N) is 1. The van der Waals surface area contributed by atoms with E-state index in [4.69, 9.17) is 10.5 Å². The largest absolute Gasteiger partial charge is 0.494 e. The summed E-state index contributed by atoms with van der Waals surface area (Å²) in [6.07, 6.45) is 4.26. The van der Waals surface area contributed by atoms with E-state index in [1.807, 2.05) is 17.8 Å². The molecule has 1 heterocycles. The van der Waals surface area contributed by atoms with Crippen LogP contribution in [0.2, 0.25) is 0 Å². The zero-order chi connectivity index (χ0) is 13.0. The Morgan fingerprint density at radius 1 is 1.50 bits per heavy atom. The Kier molecular flexibility index (Phi) is 4.89. The molecule has 2 unspecified atom stereocenters. The lowest BCUT2D eigenvalue weighted by Gasteiger charge is -2.27. The van der Waals surface area contributed by atoms with Crippen LogP contribution in [0.4, 0.5) is 4.39 Å². The van der Waals surface area contributed by atoms with Crippen LogP contribution in [-0.2, 0) is 6.42 Å². The van der Waals surface area contributed by atoms with Crippen molar-refractivity contribution in [3.05, 3.63) is 29.6 Å². The molecule has 1 aliphatic heterocycles. The van der Waals surface area contributed by atoms with E-state index >= 15 is 0 Å². The molecule has 0 aromatic heterocycles. The highest BCUT2D eigenvalue weighted by Crippen LogP contribution is 2.29. The summed E-state index contributed by atoms with van der Waals surface area (Å²) in [6, 6.07) is 5.28. The third kappa shape index (κ3) is 3.18. The van der Waals surface area contributed by atoms with Crippen LogP contribution >= 0.6 is 11.8 Å². The van der Waals surface area contributed by atoms with E-state index in [0.29, 0.717) is 23.0 Å². The Morgan fingerprint density at radius 3 is 3.00 bits per heavy atom. The third-order valence-electron chi connectivity index (χ3n) is 3.41. The highest BCUT2D eigenvalue weighted by atomic mass is 32.2. The van der Waals surface area contributed by atoms with Gasteiger partial charge in [0, 0.05) is 11.3 Å². The van der Waals surface area contributed by atoms with E-state index in [1.165, 1.54) is 25.7 Å². The van der Waals surface area contributed by atoms with E-state index in [9.17, 15) is 4.39 Å². The van der Waals surface area contributed by atoms with Gasteiger partial charge in [-0.05, 0) is 36.6 Å². The van der Waals surface area contributed by atoms with Crippen molar-refractivity contribution in [3.63, 3.8) is 0 Å². The van der Waals surface area contributed by atoms with E-state index in [0.717, 1.165) is 6.42 Å². The second-order valence-corrected chi connectivity index (χ2v) is 6.05. The molecule has 0 spiro atoms. The maximum atomic E-state index is 14.0. The van der Waals surface area contributed by atoms with Crippen molar-refractivity contribution < 1.29 is 9.13 Å². The fourth-order valence-corrected chi connectivity index (χ4v) is 3.71. The van der Waals surface area contributed by atoms with Gasteiger partial charge in [-0.15, -0.1) is 0 Å². The number of methoxy groups -OCH3 is 1. The second kappa shape index (κ2) is 6.43. The monoisotopic (exact) mass is 269 g/mol. The Bertz CT molecular complexity index is 393. The first-order valence-corrected chi connectivity index (χ1v) is 7.46. The second-order valence-electron chi connectivity index (χ2n) is 4.71.